The lowest BCUT2D eigenvalue weighted by molar-refractivity contribution is -0.186. The number of alkyl halides is 3. The van der Waals surface area contributed by atoms with Crippen molar-refractivity contribution < 1.29 is 27.6 Å². The first-order chi connectivity index (χ1) is 22.5. The summed E-state index contributed by atoms with van der Waals surface area (Å²) in [4.78, 5) is 45.3. The number of amides is 4. The Morgan fingerprint density at radius 3 is 2.38 bits per heavy atom. The second kappa shape index (κ2) is 13.1. The number of nitrogens with one attached hydrogen (secondary N) is 3. The van der Waals surface area contributed by atoms with Crippen LogP contribution >= 0.6 is 0 Å². The van der Waals surface area contributed by atoms with E-state index in [4.69, 9.17) is 0 Å². The molecule has 4 aromatic rings. The van der Waals surface area contributed by atoms with Crippen LogP contribution in [0.3, 0.4) is 0 Å². The maximum atomic E-state index is 14.0. The molecule has 0 bridgehead atoms. The zero-order chi connectivity index (χ0) is 33.3. The first-order valence-electron chi connectivity index (χ1n) is 16.0. The smallest absolute Gasteiger partial charge is 0.361 e. The second-order valence-corrected chi connectivity index (χ2v) is 12.6. The average Bonchev–Trinajstić information content (AvgIpc) is 3.50. The molecule has 0 unspecified atom stereocenters. The van der Waals surface area contributed by atoms with Crippen molar-refractivity contribution in [1.82, 2.24) is 20.1 Å². The molecule has 1 fully saturated rings. The molecule has 47 heavy (non-hydrogen) atoms. The fraction of sp³-hybridized carbons (Fsp3) is 0.361. The van der Waals surface area contributed by atoms with Gasteiger partial charge in [0.15, 0.2) is 0 Å². The number of aromatic nitrogens is 1. The molecular formula is C36H38F3N5O3. The Morgan fingerprint density at radius 1 is 0.915 bits per heavy atom. The van der Waals surface area contributed by atoms with Gasteiger partial charge < -0.3 is 25.4 Å². The van der Waals surface area contributed by atoms with Crippen LogP contribution in [0.4, 0.5) is 23.7 Å². The number of carbonyl (C=O) groups excluding carboxylic acids is 3. The molecule has 3 heterocycles. The summed E-state index contributed by atoms with van der Waals surface area (Å²) in [6, 6.07) is 19.8. The first kappa shape index (κ1) is 32.2. The maximum absolute atomic E-state index is 14.0. The predicted octanol–water partition coefficient (Wildman–Crippen LogP) is 6.62. The molecule has 0 saturated carbocycles. The summed E-state index contributed by atoms with van der Waals surface area (Å²) in [5, 5.41) is 6.84. The molecule has 3 N–H and O–H groups in total. The fourth-order valence-corrected chi connectivity index (χ4v) is 6.94. The Labute approximate surface area is 271 Å². The van der Waals surface area contributed by atoms with Crippen molar-refractivity contribution in [2.75, 3.05) is 25.0 Å². The number of H-pyrrole nitrogens is 1. The Kier molecular flexibility index (Phi) is 8.98. The van der Waals surface area contributed by atoms with Gasteiger partial charge in [-0.05, 0) is 78.1 Å². The van der Waals surface area contributed by atoms with Crippen molar-refractivity contribution >= 4 is 34.4 Å². The van der Waals surface area contributed by atoms with Crippen LogP contribution in [0.25, 0.3) is 10.9 Å². The molecule has 1 saturated heterocycles. The third-order valence-electron chi connectivity index (χ3n) is 9.60. The van der Waals surface area contributed by atoms with Crippen molar-refractivity contribution in [3.8, 4) is 0 Å². The molecule has 246 valence electrons. The minimum absolute atomic E-state index is 0.0322. The van der Waals surface area contributed by atoms with Crippen molar-refractivity contribution in [3.63, 3.8) is 0 Å². The Bertz CT molecular complexity index is 1790. The third kappa shape index (κ3) is 6.84. The molecule has 2 atom stereocenters. The SMILES string of the molecule is Cc1ccccc1C1CCN(C(=O)N[C@@H](C(=O)Nc2ccc3c(c2)CN(C(=O)C(F)(F)F)CC3)[C@H](C)c2c[nH]c3ccccc23)CC1. The van der Waals surface area contributed by atoms with Crippen LogP contribution < -0.4 is 10.6 Å². The Balaban J connectivity index is 1.20. The van der Waals surface area contributed by atoms with E-state index >= 15 is 0 Å². The quantitative estimate of drug-likeness (QED) is 0.220. The lowest BCUT2D eigenvalue weighted by Crippen LogP contribution is -2.53. The predicted molar refractivity (Wildman–Crippen MR) is 174 cm³/mol. The minimum Gasteiger partial charge on any atom is -0.361 e. The molecule has 11 heteroatoms. The normalized spacial score (nSPS) is 16.8. The van der Waals surface area contributed by atoms with Gasteiger partial charge in [-0.3, -0.25) is 9.59 Å². The number of aromatic amines is 1. The summed E-state index contributed by atoms with van der Waals surface area (Å²) in [6.45, 7) is 4.86. The highest BCUT2D eigenvalue weighted by Crippen LogP contribution is 2.32. The number of hydrogen-bond donors (Lipinski definition) is 3. The molecule has 3 aromatic carbocycles. The number of benzene rings is 3. The Morgan fingerprint density at radius 2 is 1.64 bits per heavy atom. The highest BCUT2D eigenvalue weighted by molar-refractivity contribution is 5.98. The van der Waals surface area contributed by atoms with Crippen LogP contribution in [0.1, 0.15) is 59.4 Å². The monoisotopic (exact) mass is 645 g/mol. The van der Waals surface area contributed by atoms with Crippen molar-refractivity contribution in [3.05, 3.63) is 101 Å². The van der Waals surface area contributed by atoms with E-state index in [1.165, 1.54) is 11.1 Å². The number of anilines is 1. The highest BCUT2D eigenvalue weighted by Gasteiger charge is 2.43. The van der Waals surface area contributed by atoms with E-state index in [-0.39, 0.29) is 25.5 Å². The molecule has 0 spiro atoms. The van der Waals surface area contributed by atoms with Crippen LogP contribution in [-0.4, -0.2) is 64.5 Å². The van der Waals surface area contributed by atoms with Gasteiger partial charge >= 0.3 is 18.1 Å². The summed E-state index contributed by atoms with van der Waals surface area (Å²) in [5.41, 5.74) is 6.04. The lowest BCUT2D eigenvalue weighted by atomic mass is 9.87. The average molecular weight is 646 g/mol. The zero-order valence-electron chi connectivity index (χ0n) is 26.4. The van der Waals surface area contributed by atoms with Crippen LogP contribution in [0.2, 0.25) is 0 Å². The molecule has 0 radical (unpaired) electrons. The molecule has 4 amide bonds. The molecule has 1 aromatic heterocycles. The fourth-order valence-electron chi connectivity index (χ4n) is 6.94. The summed E-state index contributed by atoms with van der Waals surface area (Å²) < 4.78 is 39.3. The number of carbonyl (C=O) groups is 3. The van der Waals surface area contributed by atoms with E-state index < -0.39 is 30.0 Å². The number of hydrogen-bond acceptors (Lipinski definition) is 3. The van der Waals surface area contributed by atoms with Gasteiger partial charge in [0.25, 0.3) is 0 Å². The molecule has 6 rings (SSSR count). The molecule has 2 aliphatic heterocycles. The van der Waals surface area contributed by atoms with Gasteiger partial charge in [-0.25, -0.2) is 4.79 Å². The van der Waals surface area contributed by atoms with E-state index in [1.807, 2.05) is 49.5 Å². The van der Waals surface area contributed by atoms with Crippen LogP contribution in [-0.2, 0) is 22.6 Å². The van der Waals surface area contributed by atoms with E-state index in [0.29, 0.717) is 30.3 Å². The maximum Gasteiger partial charge on any atom is 0.471 e. The minimum atomic E-state index is -4.96. The van der Waals surface area contributed by atoms with Gasteiger partial charge in [0.05, 0.1) is 0 Å². The number of rotatable bonds is 6. The number of piperidine rings is 1. The summed E-state index contributed by atoms with van der Waals surface area (Å²) in [7, 11) is 0. The number of urea groups is 1. The first-order valence-corrected chi connectivity index (χ1v) is 16.0. The number of fused-ring (bicyclic) bond motifs is 2. The van der Waals surface area contributed by atoms with Crippen LogP contribution in [0, 0.1) is 6.92 Å². The number of likely N-dealkylation sites (tertiary alicyclic amines) is 1. The molecule has 8 nitrogen and oxygen atoms in total. The van der Waals surface area contributed by atoms with Crippen LogP contribution in [0.5, 0.6) is 0 Å². The Hall–Kier alpha value is -4.80. The number of halogens is 3. The number of para-hydroxylation sites is 1. The van der Waals surface area contributed by atoms with Gasteiger partial charge in [0.2, 0.25) is 5.91 Å². The van der Waals surface area contributed by atoms with Crippen molar-refractivity contribution in [1.29, 1.82) is 0 Å². The van der Waals surface area contributed by atoms with E-state index in [9.17, 15) is 27.6 Å². The van der Waals surface area contributed by atoms with Crippen molar-refractivity contribution in [2.24, 2.45) is 0 Å². The van der Waals surface area contributed by atoms with E-state index in [1.54, 1.807) is 23.1 Å². The van der Waals surface area contributed by atoms with Gasteiger partial charge in [-0.2, -0.15) is 13.2 Å². The summed E-state index contributed by atoms with van der Waals surface area (Å²) in [6.07, 6.45) is -1.20. The second-order valence-electron chi connectivity index (χ2n) is 12.6. The topological polar surface area (TPSA) is 97.5 Å². The van der Waals surface area contributed by atoms with E-state index in [0.717, 1.165) is 39.8 Å². The molecular weight excluding hydrogens is 607 g/mol. The van der Waals surface area contributed by atoms with Gasteiger partial charge in [-0.1, -0.05) is 55.5 Å². The highest BCUT2D eigenvalue weighted by atomic mass is 19.4. The summed E-state index contributed by atoms with van der Waals surface area (Å²) >= 11 is 0. The number of aryl methyl sites for hydroxylation is 1. The zero-order valence-corrected chi connectivity index (χ0v) is 26.4. The third-order valence-corrected chi connectivity index (χ3v) is 9.60. The van der Waals surface area contributed by atoms with Gasteiger partial charge in [0, 0.05) is 54.9 Å². The van der Waals surface area contributed by atoms with E-state index in [2.05, 4.69) is 34.7 Å². The number of nitrogens with zero attached hydrogens (tertiary/aromatic N) is 2. The standard InChI is InChI=1S/C36H38F3N5O3/c1-22-7-3-4-8-28(22)25-14-16-43(17-15-25)35(47)42-32(23(2)30-20-40-31-10-6-5-9-29(30)31)33(45)41-27-12-11-24-13-18-44(21-26(24)19-27)34(46)36(37,38)39/h3-12,19-20,23,25,32,40H,13-18,21H2,1-2H3,(H,41,45)(H,42,47)/t23-,32-/m1/s1. The summed E-state index contributed by atoms with van der Waals surface area (Å²) in [5.74, 6) is -2.41. The molecule has 0 aliphatic carbocycles. The largest absolute Gasteiger partial charge is 0.471 e. The van der Waals surface area contributed by atoms with Gasteiger partial charge in [-0.15, -0.1) is 0 Å². The van der Waals surface area contributed by atoms with Gasteiger partial charge in [0.1, 0.15) is 6.04 Å². The van der Waals surface area contributed by atoms with Crippen LogP contribution in [0.15, 0.2) is 72.9 Å². The molecule has 2 aliphatic rings. The lowest BCUT2D eigenvalue weighted by Gasteiger charge is -2.34. The van der Waals surface area contributed by atoms with Crippen molar-refractivity contribution in [2.45, 2.75) is 63.7 Å².